The molecule has 0 fully saturated rings. The van der Waals surface area contributed by atoms with Crippen LogP contribution in [0.4, 0.5) is 4.39 Å². The van der Waals surface area contributed by atoms with E-state index in [0.717, 1.165) is 40.0 Å². The van der Waals surface area contributed by atoms with Crippen LogP contribution >= 0.6 is 11.8 Å². The summed E-state index contributed by atoms with van der Waals surface area (Å²) < 4.78 is 32.2. The van der Waals surface area contributed by atoms with Crippen LogP contribution < -0.4 is 9.47 Å². The fourth-order valence-corrected chi connectivity index (χ4v) is 4.37. The Morgan fingerprint density at radius 2 is 1.63 bits per heavy atom. The summed E-state index contributed by atoms with van der Waals surface area (Å²) in [6, 6.07) is 24.2. The highest BCUT2D eigenvalue weighted by Crippen LogP contribution is 2.30. The highest BCUT2D eigenvalue weighted by Gasteiger charge is 2.14. The smallest absolute Gasteiger partial charge is 0.191 e. The molecule has 0 N–H and O–H groups in total. The zero-order valence-corrected chi connectivity index (χ0v) is 20.4. The Morgan fingerprint density at radius 3 is 2.43 bits per heavy atom. The maximum Gasteiger partial charge on any atom is 0.191 e. The minimum atomic E-state index is -0.272. The van der Waals surface area contributed by atoms with Crippen molar-refractivity contribution in [2.24, 2.45) is 0 Å². The van der Waals surface area contributed by atoms with E-state index in [2.05, 4.69) is 28.4 Å². The lowest BCUT2D eigenvalue weighted by molar-refractivity contribution is 0.181. The summed E-state index contributed by atoms with van der Waals surface area (Å²) in [5, 5.41) is 9.59. The number of methoxy groups -OCH3 is 1. The summed E-state index contributed by atoms with van der Waals surface area (Å²) in [7, 11) is 1.68. The van der Waals surface area contributed by atoms with E-state index >= 15 is 0 Å². The molecule has 0 aliphatic heterocycles. The average molecular weight is 494 g/mol. The lowest BCUT2D eigenvalue weighted by Crippen LogP contribution is -2.12. The van der Waals surface area contributed by atoms with Gasteiger partial charge >= 0.3 is 0 Å². The molecule has 0 spiro atoms. The van der Waals surface area contributed by atoms with Gasteiger partial charge in [0.2, 0.25) is 0 Å². The molecule has 0 saturated heterocycles. The number of thioether (sulfide) groups is 1. The highest BCUT2D eigenvalue weighted by atomic mass is 32.2. The standard InChI is InChI=1S/C27H28FN3O3S/c1-32-18-16-31-26(20-34-25-11-6-5-10-24(25)21-8-3-2-4-9-21)29-30-27(31)35-19-7-17-33-23-14-12-22(28)13-15-23/h2-6,8-15H,7,16-20H2,1H3. The molecule has 0 aliphatic rings. The first-order chi connectivity index (χ1) is 17.2. The molecule has 0 radical (unpaired) electrons. The molecule has 182 valence electrons. The van der Waals surface area contributed by atoms with Gasteiger partial charge in [-0.15, -0.1) is 10.2 Å². The topological polar surface area (TPSA) is 58.4 Å². The molecule has 0 aliphatic carbocycles. The fourth-order valence-electron chi connectivity index (χ4n) is 3.47. The minimum absolute atomic E-state index is 0.272. The molecule has 1 heterocycles. The van der Waals surface area contributed by atoms with Gasteiger partial charge in [0, 0.05) is 25.0 Å². The Hall–Kier alpha value is -3.36. The molecule has 4 rings (SSSR count). The predicted molar refractivity (Wildman–Crippen MR) is 135 cm³/mol. The van der Waals surface area contributed by atoms with Crippen LogP contribution in [0.1, 0.15) is 12.2 Å². The van der Waals surface area contributed by atoms with Crippen molar-refractivity contribution < 1.29 is 18.6 Å². The monoisotopic (exact) mass is 493 g/mol. The summed E-state index contributed by atoms with van der Waals surface area (Å²) >= 11 is 1.62. The summed E-state index contributed by atoms with van der Waals surface area (Å²) in [6.07, 6.45) is 0.815. The lowest BCUT2D eigenvalue weighted by atomic mass is 10.1. The third-order valence-corrected chi connectivity index (χ3v) is 6.30. The van der Waals surface area contributed by atoms with Gasteiger partial charge in [-0.05, 0) is 42.3 Å². The number of hydrogen-bond donors (Lipinski definition) is 0. The van der Waals surface area contributed by atoms with Crippen molar-refractivity contribution in [1.29, 1.82) is 0 Å². The number of benzene rings is 3. The van der Waals surface area contributed by atoms with Crippen LogP contribution in [0, 0.1) is 5.82 Å². The van der Waals surface area contributed by atoms with Crippen molar-refractivity contribution in [2.45, 2.75) is 24.7 Å². The first-order valence-corrected chi connectivity index (χ1v) is 12.4. The molecule has 3 aromatic carbocycles. The maximum atomic E-state index is 13.0. The van der Waals surface area contributed by atoms with E-state index < -0.39 is 0 Å². The van der Waals surface area contributed by atoms with E-state index in [1.54, 1.807) is 31.0 Å². The zero-order chi connectivity index (χ0) is 24.3. The van der Waals surface area contributed by atoms with Crippen LogP contribution in [-0.4, -0.2) is 40.8 Å². The Morgan fingerprint density at radius 1 is 0.857 bits per heavy atom. The average Bonchev–Trinajstić information content (AvgIpc) is 3.29. The number of nitrogens with zero attached hydrogens (tertiary/aromatic N) is 3. The van der Waals surface area contributed by atoms with E-state index in [4.69, 9.17) is 14.2 Å². The second-order valence-electron chi connectivity index (χ2n) is 7.70. The number of hydrogen-bond acceptors (Lipinski definition) is 6. The second-order valence-corrected chi connectivity index (χ2v) is 8.76. The van der Waals surface area contributed by atoms with Crippen LogP contribution in [0.15, 0.2) is 84.0 Å². The number of aromatic nitrogens is 3. The normalized spacial score (nSPS) is 10.9. The summed E-state index contributed by atoms with van der Waals surface area (Å²) in [4.78, 5) is 0. The third-order valence-electron chi connectivity index (χ3n) is 5.24. The van der Waals surface area contributed by atoms with E-state index in [1.165, 1.54) is 12.1 Å². The quantitative estimate of drug-likeness (QED) is 0.171. The van der Waals surface area contributed by atoms with Crippen molar-refractivity contribution in [3.05, 3.63) is 90.5 Å². The summed E-state index contributed by atoms with van der Waals surface area (Å²) in [5.41, 5.74) is 2.13. The molecule has 35 heavy (non-hydrogen) atoms. The van der Waals surface area contributed by atoms with E-state index in [0.29, 0.717) is 32.1 Å². The summed E-state index contributed by atoms with van der Waals surface area (Å²) in [5.74, 6) is 2.74. The highest BCUT2D eigenvalue weighted by molar-refractivity contribution is 7.99. The SMILES string of the molecule is COCCn1c(COc2ccccc2-c2ccccc2)nnc1SCCCOc1ccc(F)cc1. The third kappa shape index (κ3) is 7.07. The van der Waals surface area contributed by atoms with Gasteiger partial charge in [-0.3, -0.25) is 0 Å². The number of para-hydroxylation sites is 1. The summed E-state index contributed by atoms with van der Waals surface area (Å²) in [6.45, 7) is 2.02. The van der Waals surface area contributed by atoms with Crippen molar-refractivity contribution in [3.63, 3.8) is 0 Å². The first kappa shape index (κ1) is 24.8. The van der Waals surface area contributed by atoms with Crippen LogP contribution in [0.5, 0.6) is 11.5 Å². The van der Waals surface area contributed by atoms with Gasteiger partial charge in [-0.25, -0.2) is 4.39 Å². The van der Waals surface area contributed by atoms with Gasteiger partial charge in [-0.1, -0.05) is 60.3 Å². The van der Waals surface area contributed by atoms with E-state index in [1.807, 2.05) is 41.0 Å². The minimum Gasteiger partial charge on any atom is -0.494 e. The second kappa shape index (κ2) is 12.9. The van der Waals surface area contributed by atoms with Crippen molar-refractivity contribution in [1.82, 2.24) is 14.8 Å². The number of ether oxygens (including phenoxy) is 3. The van der Waals surface area contributed by atoms with Crippen LogP contribution in [0.3, 0.4) is 0 Å². The molecule has 0 saturated carbocycles. The lowest BCUT2D eigenvalue weighted by Gasteiger charge is -2.13. The molecule has 0 atom stereocenters. The van der Waals surface area contributed by atoms with Crippen molar-refractivity contribution in [3.8, 4) is 22.6 Å². The molecule has 0 unspecified atom stereocenters. The zero-order valence-electron chi connectivity index (χ0n) is 19.6. The molecular formula is C27H28FN3O3S. The molecule has 6 nitrogen and oxygen atoms in total. The number of rotatable bonds is 13. The molecular weight excluding hydrogens is 465 g/mol. The Balaban J connectivity index is 1.36. The number of halogens is 1. The van der Waals surface area contributed by atoms with Gasteiger partial charge < -0.3 is 18.8 Å². The van der Waals surface area contributed by atoms with Crippen molar-refractivity contribution in [2.75, 3.05) is 26.1 Å². The molecule has 4 aromatic rings. The Kier molecular flexibility index (Phi) is 9.14. The van der Waals surface area contributed by atoms with E-state index in [9.17, 15) is 4.39 Å². The maximum absolute atomic E-state index is 13.0. The van der Waals surface area contributed by atoms with Crippen LogP contribution in [0.25, 0.3) is 11.1 Å². The van der Waals surface area contributed by atoms with E-state index in [-0.39, 0.29) is 5.82 Å². The van der Waals surface area contributed by atoms with Crippen molar-refractivity contribution >= 4 is 11.8 Å². The first-order valence-electron chi connectivity index (χ1n) is 11.4. The Labute approximate surface area is 209 Å². The Bertz CT molecular complexity index is 1190. The molecule has 1 aromatic heterocycles. The predicted octanol–water partition coefficient (Wildman–Crippen LogP) is 5.87. The van der Waals surface area contributed by atoms with Gasteiger partial charge in [-0.2, -0.15) is 0 Å². The van der Waals surface area contributed by atoms with Crippen LogP contribution in [-0.2, 0) is 17.9 Å². The fraction of sp³-hybridized carbons (Fsp3) is 0.259. The molecule has 0 amide bonds. The largest absolute Gasteiger partial charge is 0.494 e. The van der Waals surface area contributed by atoms with Gasteiger partial charge in [0.1, 0.15) is 23.9 Å². The van der Waals surface area contributed by atoms with Gasteiger partial charge in [0.15, 0.2) is 11.0 Å². The van der Waals surface area contributed by atoms with Gasteiger partial charge in [0.05, 0.1) is 13.2 Å². The molecule has 8 heteroatoms. The van der Waals surface area contributed by atoms with Crippen LogP contribution in [0.2, 0.25) is 0 Å². The van der Waals surface area contributed by atoms with Gasteiger partial charge in [0.25, 0.3) is 0 Å². The molecule has 0 bridgehead atoms.